The fourth-order valence-corrected chi connectivity index (χ4v) is 2.66. The van der Waals surface area contributed by atoms with E-state index < -0.39 is 0 Å². The number of oxime groups is 1. The van der Waals surface area contributed by atoms with Crippen molar-refractivity contribution in [3.05, 3.63) is 69.7 Å². The van der Waals surface area contributed by atoms with Crippen molar-refractivity contribution in [2.24, 2.45) is 5.16 Å². The topological polar surface area (TPSA) is 50.7 Å². The van der Waals surface area contributed by atoms with E-state index in [1.807, 2.05) is 62.4 Å². The smallest absolute Gasteiger partial charge is 0.261 e. The molecule has 0 saturated carbocycles. The summed E-state index contributed by atoms with van der Waals surface area (Å²) in [7, 11) is 0. The Labute approximate surface area is 144 Å². The van der Waals surface area contributed by atoms with Crippen LogP contribution in [0.15, 0.2) is 58.2 Å². The molecule has 0 aliphatic heterocycles. The SMILES string of the molecule is Cc1ccc(/C=N\OCC(=O)N[C@@H](C)c2ccccc2Br)cc1. The number of rotatable bonds is 6. The number of hydrogen-bond donors (Lipinski definition) is 1. The Kier molecular flexibility index (Phi) is 6.35. The van der Waals surface area contributed by atoms with Crippen molar-refractivity contribution in [3.8, 4) is 0 Å². The van der Waals surface area contributed by atoms with E-state index in [9.17, 15) is 4.79 Å². The summed E-state index contributed by atoms with van der Waals surface area (Å²) in [5.74, 6) is -0.214. The van der Waals surface area contributed by atoms with Crippen molar-refractivity contribution in [2.75, 3.05) is 6.61 Å². The molecule has 5 heteroatoms. The number of benzene rings is 2. The van der Waals surface area contributed by atoms with Crippen molar-refractivity contribution >= 4 is 28.1 Å². The fraction of sp³-hybridized carbons (Fsp3) is 0.222. The van der Waals surface area contributed by atoms with Crippen LogP contribution in [-0.4, -0.2) is 18.7 Å². The highest BCUT2D eigenvalue weighted by molar-refractivity contribution is 9.10. The van der Waals surface area contributed by atoms with Crippen LogP contribution in [0.3, 0.4) is 0 Å². The normalized spacial score (nSPS) is 12.1. The first kappa shape index (κ1) is 17.2. The Morgan fingerprint density at radius 1 is 1.26 bits per heavy atom. The van der Waals surface area contributed by atoms with Gasteiger partial charge in [0, 0.05) is 4.47 Å². The molecule has 0 spiro atoms. The first-order chi connectivity index (χ1) is 11.1. The minimum atomic E-state index is -0.214. The van der Waals surface area contributed by atoms with Crippen LogP contribution >= 0.6 is 15.9 Å². The number of hydrogen-bond acceptors (Lipinski definition) is 3. The summed E-state index contributed by atoms with van der Waals surface area (Å²) in [4.78, 5) is 16.9. The molecule has 0 aromatic heterocycles. The molecule has 0 saturated heterocycles. The molecule has 2 rings (SSSR count). The van der Waals surface area contributed by atoms with Crippen LogP contribution in [0.2, 0.25) is 0 Å². The quantitative estimate of drug-likeness (QED) is 0.613. The average Bonchev–Trinajstić information content (AvgIpc) is 2.53. The van der Waals surface area contributed by atoms with Gasteiger partial charge in [-0.25, -0.2) is 0 Å². The van der Waals surface area contributed by atoms with E-state index in [2.05, 4.69) is 26.4 Å². The van der Waals surface area contributed by atoms with E-state index in [0.29, 0.717) is 0 Å². The van der Waals surface area contributed by atoms with Crippen LogP contribution in [0, 0.1) is 6.92 Å². The molecule has 0 heterocycles. The average molecular weight is 375 g/mol. The van der Waals surface area contributed by atoms with Crippen LogP contribution in [0.1, 0.15) is 29.7 Å². The molecule has 23 heavy (non-hydrogen) atoms. The Morgan fingerprint density at radius 2 is 1.96 bits per heavy atom. The standard InChI is InChI=1S/C18H19BrN2O2/c1-13-7-9-15(10-8-13)11-20-23-12-18(22)21-14(2)16-5-3-4-6-17(16)19/h3-11,14H,12H2,1-2H3,(H,21,22)/b20-11-/t14-/m0/s1. The van der Waals surface area contributed by atoms with Gasteiger partial charge in [-0.3, -0.25) is 4.79 Å². The van der Waals surface area contributed by atoms with Gasteiger partial charge < -0.3 is 10.2 Å². The lowest BCUT2D eigenvalue weighted by atomic mass is 10.1. The molecular formula is C18H19BrN2O2. The van der Waals surface area contributed by atoms with Gasteiger partial charge in [0.15, 0.2) is 6.61 Å². The third-order valence-corrected chi connectivity index (χ3v) is 4.02. The van der Waals surface area contributed by atoms with Crippen molar-refractivity contribution < 1.29 is 9.63 Å². The molecule has 2 aromatic carbocycles. The van der Waals surface area contributed by atoms with E-state index in [4.69, 9.17) is 4.84 Å². The zero-order valence-corrected chi connectivity index (χ0v) is 14.7. The van der Waals surface area contributed by atoms with Gasteiger partial charge in [-0.05, 0) is 31.0 Å². The fourth-order valence-electron chi connectivity index (χ4n) is 2.03. The molecule has 2 aromatic rings. The highest BCUT2D eigenvalue weighted by atomic mass is 79.9. The molecular weight excluding hydrogens is 356 g/mol. The van der Waals surface area contributed by atoms with Gasteiger partial charge in [0.2, 0.25) is 0 Å². The van der Waals surface area contributed by atoms with Gasteiger partial charge in [0.1, 0.15) is 0 Å². The highest BCUT2D eigenvalue weighted by Gasteiger charge is 2.12. The Bertz CT molecular complexity index is 684. The molecule has 1 atom stereocenters. The predicted molar refractivity (Wildman–Crippen MR) is 95.4 cm³/mol. The number of halogens is 1. The van der Waals surface area contributed by atoms with Crippen LogP contribution in [0.5, 0.6) is 0 Å². The van der Waals surface area contributed by atoms with E-state index in [-0.39, 0.29) is 18.6 Å². The van der Waals surface area contributed by atoms with Gasteiger partial charge in [-0.2, -0.15) is 0 Å². The molecule has 0 aliphatic carbocycles. The Morgan fingerprint density at radius 3 is 2.65 bits per heavy atom. The van der Waals surface area contributed by atoms with Crippen LogP contribution < -0.4 is 5.32 Å². The van der Waals surface area contributed by atoms with E-state index in [1.54, 1.807) is 6.21 Å². The van der Waals surface area contributed by atoms with Crippen molar-refractivity contribution in [1.29, 1.82) is 0 Å². The largest absolute Gasteiger partial charge is 0.386 e. The Hall–Kier alpha value is -2.14. The number of nitrogens with one attached hydrogen (secondary N) is 1. The van der Waals surface area contributed by atoms with Gasteiger partial charge in [0.05, 0.1) is 12.3 Å². The van der Waals surface area contributed by atoms with Gasteiger partial charge in [-0.1, -0.05) is 69.1 Å². The zero-order chi connectivity index (χ0) is 16.7. The third kappa shape index (κ3) is 5.53. The number of nitrogens with zero attached hydrogens (tertiary/aromatic N) is 1. The summed E-state index contributed by atoms with van der Waals surface area (Å²) >= 11 is 3.48. The third-order valence-electron chi connectivity index (χ3n) is 3.30. The molecule has 1 amide bonds. The Balaban J connectivity index is 1.79. The first-order valence-corrected chi connectivity index (χ1v) is 8.11. The molecule has 0 unspecified atom stereocenters. The maximum atomic E-state index is 11.9. The van der Waals surface area contributed by atoms with E-state index in [1.165, 1.54) is 5.56 Å². The summed E-state index contributed by atoms with van der Waals surface area (Å²) in [6, 6.07) is 15.5. The minimum absolute atomic E-state index is 0.109. The second-order valence-corrected chi connectivity index (χ2v) is 6.08. The minimum Gasteiger partial charge on any atom is -0.386 e. The lowest BCUT2D eigenvalue weighted by molar-refractivity contribution is -0.126. The molecule has 4 nitrogen and oxygen atoms in total. The van der Waals surface area contributed by atoms with Gasteiger partial charge >= 0.3 is 0 Å². The van der Waals surface area contributed by atoms with Crippen molar-refractivity contribution in [2.45, 2.75) is 19.9 Å². The lowest BCUT2D eigenvalue weighted by Gasteiger charge is -2.15. The summed E-state index contributed by atoms with van der Waals surface area (Å²) in [5, 5.41) is 6.69. The molecule has 1 N–H and O–H groups in total. The first-order valence-electron chi connectivity index (χ1n) is 7.32. The predicted octanol–water partition coefficient (Wildman–Crippen LogP) is 3.99. The zero-order valence-electron chi connectivity index (χ0n) is 13.1. The van der Waals surface area contributed by atoms with Crippen LogP contribution in [0.25, 0.3) is 0 Å². The molecule has 0 bridgehead atoms. The summed E-state index contributed by atoms with van der Waals surface area (Å²) < 4.78 is 0.964. The molecule has 0 aliphatic rings. The second kappa shape index (κ2) is 8.48. The van der Waals surface area contributed by atoms with E-state index >= 15 is 0 Å². The van der Waals surface area contributed by atoms with Crippen molar-refractivity contribution in [3.63, 3.8) is 0 Å². The number of carbonyl (C=O) groups excluding carboxylic acids is 1. The van der Waals surface area contributed by atoms with E-state index in [0.717, 1.165) is 15.6 Å². The number of carbonyl (C=O) groups is 1. The molecule has 0 fully saturated rings. The molecule has 120 valence electrons. The molecule has 0 radical (unpaired) electrons. The van der Waals surface area contributed by atoms with Crippen molar-refractivity contribution in [1.82, 2.24) is 5.32 Å². The second-order valence-electron chi connectivity index (χ2n) is 5.23. The van der Waals surface area contributed by atoms with Crippen LogP contribution in [-0.2, 0) is 9.63 Å². The number of aryl methyl sites for hydroxylation is 1. The maximum absolute atomic E-state index is 11.9. The van der Waals surface area contributed by atoms with Gasteiger partial charge in [-0.15, -0.1) is 0 Å². The summed E-state index contributed by atoms with van der Waals surface area (Å²) in [5.41, 5.74) is 3.13. The highest BCUT2D eigenvalue weighted by Crippen LogP contribution is 2.22. The van der Waals surface area contributed by atoms with Gasteiger partial charge in [0.25, 0.3) is 5.91 Å². The number of amides is 1. The van der Waals surface area contributed by atoms with Crippen LogP contribution in [0.4, 0.5) is 0 Å². The lowest BCUT2D eigenvalue weighted by Crippen LogP contribution is -2.29. The monoisotopic (exact) mass is 374 g/mol. The maximum Gasteiger partial charge on any atom is 0.261 e. The summed E-state index contributed by atoms with van der Waals surface area (Å²) in [6.45, 7) is 3.83. The summed E-state index contributed by atoms with van der Waals surface area (Å²) in [6.07, 6.45) is 1.59.